The number of halogens is 1. The molecule has 3 nitrogen and oxygen atoms in total. The molecule has 3 rings (SSSR count). The molecule has 4 heteroatoms. The van der Waals surface area contributed by atoms with E-state index in [1.807, 2.05) is 0 Å². The van der Waals surface area contributed by atoms with Crippen molar-refractivity contribution in [3.63, 3.8) is 0 Å². The molecule has 2 atom stereocenters. The molecule has 2 fully saturated rings. The summed E-state index contributed by atoms with van der Waals surface area (Å²) in [4.78, 5) is 2.34. The van der Waals surface area contributed by atoms with Gasteiger partial charge in [-0.25, -0.2) is 0 Å². The smallest absolute Gasteiger partial charge is 0.0726 e. The van der Waals surface area contributed by atoms with Crippen LogP contribution in [0.2, 0.25) is 5.02 Å². The Bertz CT molecular complexity index is 506. The molecule has 2 aliphatic rings. The molecule has 1 aliphatic heterocycles. The molecule has 128 valence electrons. The third-order valence-corrected chi connectivity index (χ3v) is 5.33. The zero-order chi connectivity index (χ0) is 16.2. The van der Waals surface area contributed by atoms with Crippen LogP contribution < -0.4 is 10.2 Å². The van der Waals surface area contributed by atoms with Crippen molar-refractivity contribution in [1.82, 2.24) is 0 Å². The maximum Gasteiger partial charge on any atom is 0.0726 e. The number of nitrogens with one attached hydrogen (secondary N) is 1. The van der Waals surface area contributed by atoms with E-state index in [9.17, 15) is 0 Å². The first-order valence-corrected chi connectivity index (χ1v) is 9.43. The Morgan fingerprint density at radius 3 is 2.48 bits per heavy atom. The van der Waals surface area contributed by atoms with Gasteiger partial charge in [-0.15, -0.1) is 0 Å². The molecule has 0 aromatic heterocycles. The Morgan fingerprint density at radius 1 is 1.13 bits per heavy atom. The molecular weight excluding hydrogens is 308 g/mol. The summed E-state index contributed by atoms with van der Waals surface area (Å²) in [6.45, 7) is 7.12. The predicted octanol–water partition coefficient (Wildman–Crippen LogP) is 4.95. The van der Waals surface area contributed by atoms with Crippen LogP contribution in [0.25, 0.3) is 0 Å². The van der Waals surface area contributed by atoms with Gasteiger partial charge in [-0.3, -0.25) is 0 Å². The SMILES string of the molecule is CC1CN(c2ccc(NCC3CCCCC3)cc2Cl)CC(C)O1. The second kappa shape index (κ2) is 7.76. The van der Waals surface area contributed by atoms with E-state index in [0.717, 1.165) is 41.9 Å². The zero-order valence-electron chi connectivity index (χ0n) is 14.4. The van der Waals surface area contributed by atoms with Gasteiger partial charge in [0.2, 0.25) is 0 Å². The highest BCUT2D eigenvalue weighted by molar-refractivity contribution is 6.33. The highest BCUT2D eigenvalue weighted by Gasteiger charge is 2.23. The van der Waals surface area contributed by atoms with Crippen molar-refractivity contribution in [2.75, 3.05) is 29.9 Å². The fraction of sp³-hybridized carbons (Fsp3) is 0.684. The lowest BCUT2D eigenvalue weighted by Gasteiger charge is -2.37. The van der Waals surface area contributed by atoms with Gasteiger partial charge in [0.15, 0.2) is 0 Å². The highest BCUT2D eigenvalue weighted by Crippen LogP contribution is 2.31. The van der Waals surface area contributed by atoms with E-state index < -0.39 is 0 Å². The van der Waals surface area contributed by atoms with Gasteiger partial charge < -0.3 is 15.0 Å². The molecule has 1 heterocycles. The average Bonchev–Trinajstić information content (AvgIpc) is 2.53. The van der Waals surface area contributed by atoms with Crippen molar-refractivity contribution in [3.8, 4) is 0 Å². The molecule has 1 aromatic carbocycles. The van der Waals surface area contributed by atoms with Gasteiger partial charge in [-0.05, 0) is 50.8 Å². The first kappa shape index (κ1) is 16.9. The van der Waals surface area contributed by atoms with Crippen LogP contribution in [-0.4, -0.2) is 31.8 Å². The molecule has 0 spiro atoms. The van der Waals surface area contributed by atoms with Crippen LogP contribution in [-0.2, 0) is 4.74 Å². The van der Waals surface area contributed by atoms with Crippen LogP contribution in [0.3, 0.4) is 0 Å². The maximum atomic E-state index is 6.56. The summed E-state index contributed by atoms with van der Waals surface area (Å²) in [5.41, 5.74) is 2.26. The van der Waals surface area contributed by atoms with Crippen LogP contribution in [0.5, 0.6) is 0 Å². The number of rotatable bonds is 4. The van der Waals surface area contributed by atoms with E-state index in [1.54, 1.807) is 0 Å². The van der Waals surface area contributed by atoms with Crippen molar-refractivity contribution < 1.29 is 4.74 Å². The van der Waals surface area contributed by atoms with Gasteiger partial charge in [0.05, 0.1) is 22.9 Å². The van der Waals surface area contributed by atoms with Crippen LogP contribution in [0.15, 0.2) is 18.2 Å². The van der Waals surface area contributed by atoms with Crippen molar-refractivity contribution in [1.29, 1.82) is 0 Å². The number of nitrogens with zero attached hydrogens (tertiary/aromatic N) is 1. The minimum absolute atomic E-state index is 0.249. The fourth-order valence-electron chi connectivity index (χ4n) is 3.90. The number of morpholine rings is 1. The van der Waals surface area contributed by atoms with Crippen molar-refractivity contribution in [2.24, 2.45) is 5.92 Å². The third-order valence-electron chi connectivity index (χ3n) is 5.03. The largest absolute Gasteiger partial charge is 0.385 e. The van der Waals surface area contributed by atoms with Gasteiger partial charge in [0.1, 0.15) is 0 Å². The molecule has 23 heavy (non-hydrogen) atoms. The Kier molecular flexibility index (Phi) is 5.71. The highest BCUT2D eigenvalue weighted by atomic mass is 35.5. The summed E-state index contributed by atoms with van der Waals surface area (Å²) >= 11 is 6.56. The van der Waals surface area contributed by atoms with Gasteiger partial charge >= 0.3 is 0 Å². The van der Waals surface area contributed by atoms with Crippen molar-refractivity contribution in [3.05, 3.63) is 23.2 Å². The van der Waals surface area contributed by atoms with Crippen LogP contribution in [0, 0.1) is 5.92 Å². The van der Waals surface area contributed by atoms with E-state index in [1.165, 1.54) is 32.1 Å². The van der Waals surface area contributed by atoms with Crippen LogP contribution in [0.4, 0.5) is 11.4 Å². The summed E-state index contributed by atoms with van der Waals surface area (Å²) < 4.78 is 5.81. The van der Waals surface area contributed by atoms with E-state index in [0.29, 0.717) is 0 Å². The Morgan fingerprint density at radius 2 is 1.83 bits per heavy atom. The van der Waals surface area contributed by atoms with E-state index in [-0.39, 0.29) is 12.2 Å². The van der Waals surface area contributed by atoms with Crippen molar-refractivity contribution in [2.45, 2.75) is 58.2 Å². The lowest BCUT2D eigenvalue weighted by Crippen LogP contribution is -2.45. The predicted molar refractivity (Wildman–Crippen MR) is 98.7 cm³/mol. The Labute approximate surface area is 145 Å². The zero-order valence-corrected chi connectivity index (χ0v) is 15.1. The molecule has 2 unspecified atom stereocenters. The molecule has 1 aromatic rings. The van der Waals surface area contributed by atoms with Gasteiger partial charge in [0.25, 0.3) is 0 Å². The van der Waals surface area contributed by atoms with Crippen LogP contribution >= 0.6 is 11.6 Å². The second-order valence-corrected chi connectivity index (χ2v) is 7.62. The topological polar surface area (TPSA) is 24.5 Å². The standard InChI is InChI=1S/C19H29ClN2O/c1-14-12-22(13-15(2)23-14)19-9-8-17(10-18(19)20)21-11-16-6-4-3-5-7-16/h8-10,14-16,21H,3-7,11-13H2,1-2H3. The van der Waals surface area contributed by atoms with E-state index >= 15 is 0 Å². The first-order chi connectivity index (χ1) is 11.1. The molecule has 0 bridgehead atoms. The summed E-state index contributed by atoms with van der Waals surface area (Å²) in [6, 6.07) is 6.38. The molecule has 0 radical (unpaired) electrons. The first-order valence-electron chi connectivity index (χ1n) is 9.05. The van der Waals surface area contributed by atoms with E-state index in [4.69, 9.17) is 16.3 Å². The van der Waals surface area contributed by atoms with Gasteiger partial charge in [-0.2, -0.15) is 0 Å². The Balaban J connectivity index is 1.61. The maximum absolute atomic E-state index is 6.56. The summed E-state index contributed by atoms with van der Waals surface area (Å²) in [6.07, 6.45) is 7.41. The number of hydrogen-bond acceptors (Lipinski definition) is 3. The molecule has 0 amide bonds. The fourth-order valence-corrected chi connectivity index (χ4v) is 4.20. The summed E-state index contributed by atoms with van der Waals surface area (Å²) in [7, 11) is 0. The van der Waals surface area contributed by atoms with Crippen LogP contribution in [0.1, 0.15) is 46.0 Å². The van der Waals surface area contributed by atoms with Crippen molar-refractivity contribution >= 4 is 23.0 Å². The second-order valence-electron chi connectivity index (χ2n) is 7.21. The number of anilines is 2. The third kappa shape index (κ3) is 4.54. The van der Waals surface area contributed by atoms with Gasteiger partial charge in [0, 0.05) is 25.3 Å². The molecule has 1 aliphatic carbocycles. The van der Waals surface area contributed by atoms with Gasteiger partial charge in [-0.1, -0.05) is 30.9 Å². The molecule has 1 N–H and O–H groups in total. The summed E-state index contributed by atoms with van der Waals surface area (Å²) in [5.74, 6) is 0.822. The Hall–Kier alpha value is -0.930. The lowest BCUT2D eigenvalue weighted by molar-refractivity contribution is -0.00520. The van der Waals surface area contributed by atoms with E-state index in [2.05, 4.69) is 42.3 Å². The summed E-state index contributed by atoms with van der Waals surface area (Å²) in [5, 5.41) is 4.41. The number of hydrogen-bond donors (Lipinski definition) is 1. The molecule has 1 saturated carbocycles. The lowest BCUT2D eigenvalue weighted by atomic mass is 9.89. The minimum Gasteiger partial charge on any atom is -0.385 e. The normalized spacial score (nSPS) is 26.3. The quantitative estimate of drug-likeness (QED) is 0.842. The molecular formula is C19H29ClN2O. The minimum atomic E-state index is 0.249. The average molecular weight is 337 g/mol. The number of ether oxygens (including phenoxy) is 1. The number of benzene rings is 1. The molecule has 1 saturated heterocycles. The monoisotopic (exact) mass is 336 g/mol.